The van der Waals surface area contributed by atoms with Crippen molar-refractivity contribution in [3.05, 3.63) is 42.2 Å². The Morgan fingerprint density at radius 2 is 1.83 bits per heavy atom. The van der Waals surface area contributed by atoms with Crippen LogP contribution in [0.4, 0.5) is 0 Å². The van der Waals surface area contributed by atoms with Gasteiger partial charge in [-0.25, -0.2) is 0 Å². The summed E-state index contributed by atoms with van der Waals surface area (Å²) in [5.74, 6) is 0. The summed E-state index contributed by atoms with van der Waals surface area (Å²) in [5.41, 5.74) is 0.850. The van der Waals surface area contributed by atoms with Gasteiger partial charge in [0.1, 0.15) is 6.29 Å². The van der Waals surface area contributed by atoms with Crippen LogP contribution in [-0.2, 0) is 4.79 Å². The van der Waals surface area contributed by atoms with Gasteiger partial charge in [0.25, 0.3) is 0 Å². The molecule has 3 heteroatoms. The molecular formula is C9H7NaO2. The van der Waals surface area contributed by atoms with Crippen molar-refractivity contribution >= 4 is 11.9 Å². The summed E-state index contributed by atoms with van der Waals surface area (Å²) in [7, 11) is 0. The molecule has 0 unspecified atom stereocenters. The summed E-state index contributed by atoms with van der Waals surface area (Å²) < 4.78 is 0. The van der Waals surface area contributed by atoms with Gasteiger partial charge in [-0.3, -0.25) is 4.79 Å². The van der Waals surface area contributed by atoms with Crippen molar-refractivity contribution in [3.63, 3.8) is 0 Å². The summed E-state index contributed by atoms with van der Waals surface area (Å²) in [6.45, 7) is 0. The molecule has 0 aliphatic carbocycles. The Bertz CT molecular complexity index is 267. The molecule has 0 aromatic heterocycles. The van der Waals surface area contributed by atoms with Crippen molar-refractivity contribution in [2.75, 3.05) is 0 Å². The maximum Gasteiger partial charge on any atom is 1.00 e. The first-order valence-corrected chi connectivity index (χ1v) is 3.21. The Morgan fingerprint density at radius 3 is 2.25 bits per heavy atom. The minimum atomic E-state index is 0. The van der Waals surface area contributed by atoms with E-state index in [9.17, 15) is 9.90 Å². The van der Waals surface area contributed by atoms with Crippen molar-refractivity contribution in [2.24, 2.45) is 0 Å². The van der Waals surface area contributed by atoms with Crippen LogP contribution < -0.4 is 34.7 Å². The van der Waals surface area contributed by atoms with Gasteiger partial charge in [-0.05, 0) is 5.56 Å². The monoisotopic (exact) mass is 170 g/mol. The van der Waals surface area contributed by atoms with Crippen LogP contribution in [0.2, 0.25) is 0 Å². The maximum atomic E-state index is 10.3. The largest absolute Gasteiger partial charge is 1.00 e. The minimum absolute atomic E-state index is 0. The molecule has 1 rings (SSSR count). The van der Waals surface area contributed by atoms with Gasteiger partial charge in [-0.2, -0.15) is 0 Å². The third-order valence-corrected chi connectivity index (χ3v) is 1.36. The van der Waals surface area contributed by atoms with Gasteiger partial charge < -0.3 is 5.11 Å². The third-order valence-electron chi connectivity index (χ3n) is 1.36. The molecule has 0 bridgehead atoms. The van der Waals surface area contributed by atoms with Crippen molar-refractivity contribution < 1.29 is 39.5 Å². The van der Waals surface area contributed by atoms with Gasteiger partial charge in [0.2, 0.25) is 0 Å². The van der Waals surface area contributed by atoms with E-state index < -0.39 is 0 Å². The molecule has 0 N–H and O–H groups in total. The van der Waals surface area contributed by atoms with Gasteiger partial charge in [0.15, 0.2) is 0 Å². The van der Waals surface area contributed by atoms with E-state index in [1.807, 2.05) is 6.07 Å². The normalized spacial score (nSPS) is 10.2. The molecule has 0 radical (unpaired) electrons. The number of carbonyl (C=O) groups excluding carboxylic acids is 1. The standard InChI is InChI=1S/C9H8O2.Na/c10-6-9(7-11)8-4-2-1-3-5-8;/h1-7,10H;/q;+1/p-1/b9-6-;. The number of carbonyl (C=O) groups is 1. The van der Waals surface area contributed by atoms with Crippen LogP contribution in [0.3, 0.4) is 0 Å². The second-order valence-electron chi connectivity index (χ2n) is 2.06. The fourth-order valence-corrected chi connectivity index (χ4v) is 0.794. The Labute approximate surface area is 93.2 Å². The Kier molecular flexibility index (Phi) is 5.72. The summed E-state index contributed by atoms with van der Waals surface area (Å²) >= 11 is 0. The van der Waals surface area contributed by atoms with Crippen LogP contribution in [0.5, 0.6) is 0 Å². The molecular weight excluding hydrogens is 163 g/mol. The first-order chi connectivity index (χ1) is 5.38. The van der Waals surface area contributed by atoms with Crippen LogP contribution in [0.1, 0.15) is 5.56 Å². The summed E-state index contributed by atoms with van der Waals surface area (Å²) in [6.07, 6.45) is 1.12. The fraction of sp³-hybridized carbons (Fsp3) is 0. The van der Waals surface area contributed by atoms with Crippen LogP contribution in [0, 0.1) is 0 Å². The number of hydrogen-bond donors (Lipinski definition) is 0. The average Bonchev–Trinajstić information content (AvgIpc) is 2.09. The zero-order valence-electron chi connectivity index (χ0n) is 6.86. The SMILES string of the molecule is O=C/C(=C/[O-])c1ccccc1.[Na+]. The number of rotatable bonds is 2. The average molecular weight is 170 g/mol. The van der Waals surface area contributed by atoms with Crippen LogP contribution in [0.25, 0.3) is 5.57 Å². The zero-order chi connectivity index (χ0) is 8.10. The van der Waals surface area contributed by atoms with Gasteiger partial charge >= 0.3 is 29.6 Å². The van der Waals surface area contributed by atoms with Crippen LogP contribution >= 0.6 is 0 Å². The first kappa shape index (κ1) is 11.4. The van der Waals surface area contributed by atoms with E-state index in [-0.39, 0.29) is 35.1 Å². The molecule has 2 nitrogen and oxygen atoms in total. The fourth-order valence-electron chi connectivity index (χ4n) is 0.794. The molecule has 0 amide bonds. The number of allylic oxidation sites excluding steroid dienone is 1. The molecule has 56 valence electrons. The molecule has 0 heterocycles. The van der Waals surface area contributed by atoms with Crippen LogP contribution in [0.15, 0.2) is 36.6 Å². The quantitative estimate of drug-likeness (QED) is 0.215. The molecule has 1 aromatic rings. The molecule has 0 fully saturated rings. The molecule has 0 atom stereocenters. The van der Waals surface area contributed by atoms with E-state index in [1.165, 1.54) is 0 Å². The van der Waals surface area contributed by atoms with Crippen molar-refractivity contribution in [1.29, 1.82) is 0 Å². The molecule has 12 heavy (non-hydrogen) atoms. The van der Waals surface area contributed by atoms with Gasteiger partial charge in [0, 0.05) is 5.57 Å². The molecule has 0 saturated carbocycles. The maximum absolute atomic E-state index is 10.3. The van der Waals surface area contributed by atoms with E-state index in [0.717, 1.165) is 0 Å². The number of benzene rings is 1. The van der Waals surface area contributed by atoms with Crippen molar-refractivity contribution in [3.8, 4) is 0 Å². The smallest absolute Gasteiger partial charge is 0.877 e. The van der Waals surface area contributed by atoms with E-state index in [1.54, 1.807) is 24.3 Å². The minimum Gasteiger partial charge on any atom is -0.877 e. The second kappa shape index (κ2) is 6.00. The van der Waals surface area contributed by atoms with E-state index >= 15 is 0 Å². The van der Waals surface area contributed by atoms with E-state index in [4.69, 9.17) is 0 Å². The zero-order valence-corrected chi connectivity index (χ0v) is 8.86. The Morgan fingerprint density at radius 1 is 1.25 bits per heavy atom. The predicted molar refractivity (Wildman–Crippen MR) is 40.5 cm³/mol. The van der Waals surface area contributed by atoms with E-state index in [0.29, 0.717) is 18.1 Å². The second-order valence-corrected chi connectivity index (χ2v) is 2.06. The molecule has 0 aliphatic heterocycles. The molecule has 0 spiro atoms. The van der Waals surface area contributed by atoms with Crippen LogP contribution in [-0.4, -0.2) is 6.29 Å². The van der Waals surface area contributed by atoms with Gasteiger partial charge in [0.05, 0.1) is 0 Å². The molecule has 1 aromatic carbocycles. The van der Waals surface area contributed by atoms with Crippen molar-refractivity contribution in [1.82, 2.24) is 0 Å². The molecule has 0 saturated heterocycles. The Hall–Kier alpha value is -0.570. The summed E-state index contributed by atoms with van der Waals surface area (Å²) in [4.78, 5) is 10.3. The summed E-state index contributed by atoms with van der Waals surface area (Å²) in [6, 6.07) is 8.83. The Balaban J connectivity index is 0.00000121. The van der Waals surface area contributed by atoms with Gasteiger partial charge in [-0.15, -0.1) is 6.26 Å². The molecule has 0 aliphatic rings. The topological polar surface area (TPSA) is 40.1 Å². The number of aldehydes is 1. The van der Waals surface area contributed by atoms with E-state index in [2.05, 4.69) is 0 Å². The first-order valence-electron chi connectivity index (χ1n) is 3.21. The van der Waals surface area contributed by atoms with Gasteiger partial charge in [-0.1, -0.05) is 30.3 Å². The number of hydrogen-bond acceptors (Lipinski definition) is 2. The third kappa shape index (κ3) is 2.81. The van der Waals surface area contributed by atoms with Crippen molar-refractivity contribution in [2.45, 2.75) is 0 Å². The summed E-state index contributed by atoms with van der Waals surface area (Å²) in [5, 5.41) is 10.3. The predicted octanol–water partition coefficient (Wildman–Crippen LogP) is -2.41.